The molecule has 0 unspecified atom stereocenters. The number of carbonyl (C=O) groups is 1. The minimum absolute atomic E-state index is 0.152. The third-order valence-corrected chi connectivity index (χ3v) is 4.84. The summed E-state index contributed by atoms with van der Waals surface area (Å²) < 4.78 is 6.01. The lowest BCUT2D eigenvalue weighted by molar-refractivity contribution is -0.140. The van der Waals surface area contributed by atoms with Crippen molar-refractivity contribution in [2.75, 3.05) is 25.4 Å². The Morgan fingerprint density at radius 2 is 1.57 bits per heavy atom. The quantitative estimate of drug-likeness (QED) is 0.295. The van der Waals surface area contributed by atoms with Gasteiger partial charge in [0.05, 0.1) is 12.4 Å². The summed E-state index contributed by atoms with van der Waals surface area (Å²) in [7, 11) is 0. The van der Waals surface area contributed by atoms with Gasteiger partial charge in [-0.2, -0.15) is 0 Å². The summed E-state index contributed by atoms with van der Waals surface area (Å²) in [4.78, 5) is 13.7. The molecule has 0 aromatic rings. The van der Waals surface area contributed by atoms with E-state index in [1.165, 1.54) is 43.9 Å². The number of rotatable bonds is 12. The first-order chi connectivity index (χ1) is 10.2. The number of hydrogen-bond donors (Lipinski definition) is 0. The molecular formula is C16H31NO2S2. The molecule has 0 aromatic heterocycles. The van der Waals surface area contributed by atoms with Crippen LogP contribution in [0.5, 0.6) is 0 Å². The SMILES string of the molecule is CCCCCCCCCOC(=O)CSC(=S)N(CC)CC. The van der Waals surface area contributed by atoms with Crippen LogP contribution in [-0.2, 0) is 9.53 Å². The van der Waals surface area contributed by atoms with Gasteiger partial charge >= 0.3 is 5.97 Å². The minimum Gasteiger partial charge on any atom is -0.465 e. The predicted molar refractivity (Wildman–Crippen MR) is 96.9 cm³/mol. The molecule has 124 valence electrons. The molecule has 0 heterocycles. The van der Waals surface area contributed by atoms with Crippen LogP contribution in [0.3, 0.4) is 0 Å². The van der Waals surface area contributed by atoms with Crippen molar-refractivity contribution in [2.24, 2.45) is 0 Å². The number of thiocarbonyl (C=S) groups is 1. The molecule has 0 N–H and O–H groups in total. The van der Waals surface area contributed by atoms with Crippen molar-refractivity contribution in [1.29, 1.82) is 0 Å². The van der Waals surface area contributed by atoms with Gasteiger partial charge in [-0.05, 0) is 20.3 Å². The molecule has 0 spiro atoms. The molecule has 5 heteroatoms. The molecule has 3 nitrogen and oxygen atoms in total. The van der Waals surface area contributed by atoms with Gasteiger partial charge in [-0.1, -0.05) is 69.4 Å². The summed E-state index contributed by atoms with van der Waals surface area (Å²) >= 11 is 6.68. The Balaban J connectivity index is 3.48. The Morgan fingerprint density at radius 1 is 1.00 bits per heavy atom. The highest BCUT2D eigenvalue weighted by atomic mass is 32.2. The van der Waals surface area contributed by atoms with Crippen LogP contribution < -0.4 is 0 Å². The van der Waals surface area contributed by atoms with Crippen LogP contribution in [0.4, 0.5) is 0 Å². The number of hydrogen-bond acceptors (Lipinski definition) is 4. The fourth-order valence-electron chi connectivity index (χ4n) is 1.98. The number of unbranched alkanes of at least 4 members (excludes halogenated alkanes) is 6. The highest BCUT2D eigenvalue weighted by molar-refractivity contribution is 8.23. The molecule has 0 atom stereocenters. The van der Waals surface area contributed by atoms with Crippen molar-refractivity contribution in [3.05, 3.63) is 0 Å². The number of carbonyl (C=O) groups excluding carboxylic acids is 1. The Kier molecular flexibility index (Phi) is 14.4. The molecule has 0 radical (unpaired) electrons. The van der Waals surface area contributed by atoms with Gasteiger partial charge in [0, 0.05) is 13.1 Å². The van der Waals surface area contributed by atoms with Crippen molar-refractivity contribution >= 4 is 34.3 Å². The monoisotopic (exact) mass is 333 g/mol. The second kappa shape index (κ2) is 14.6. The average molecular weight is 334 g/mol. The third kappa shape index (κ3) is 12.0. The standard InChI is InChI=1S/C16H31NO2S2/c1-4-7-8-9-10-11-12-13-19-15(18)14-21-16(20)17(5-2)6-3/h4-14H2,1-3H3. The summed E-state index contributed by atoms with van der Waals surface area (Å²) in [5.74, 6) is 0.173. The van der Waals surface area contributed by atoms with E-state index in [9.17, 15) is 4.79 Å². The highest BCUT2D eigenvalue weighted by Crippen LogP contribution is 2.10. The molecule has 21 heavy (non-hydrogen) atoms. The van der Waals surface area contributed by atoms with E-state index < -0.39 is 0 Å². The fraction of sp³-hybridized carbons (Fsp3) is 0.875. The van der Waals surface area contributed by atoms with E-state index >= 15 is 0 Å². The molecule has 0 rings (SSSR count). The minimum atomic E-state index is -0.152. The van der Waals surface area contributed by atoms with Gasteiger partial charge in [0.25, 0.3) is 0 Å². The van der Waals surface area contributed by atoms with Crippen LogP contribution in [0.15, 0.2) is 0 Å². The van der Waals surface area contributed by atoms with Gasteiger partial charge in [-0.15, -0.1) is 0 Å². The maximum atomic E-state index is 11.6. The largest absolute Gasteiger partial charge is 0.465 e. The van der Waals surface area contributed by atoms with Gasteiger partial charge in [-0.3, -0.25) is 4.79 Å². The topological polar surface area (TPSA) is 29.5 Å². The molecule has 0 aliphatic rings. The summed E-state index contributed by atoms with van der Waals surface area (Å²) in [6, 6.07) is 0. The molecule has 0 bridgehead atoms. The molecule has 0 aromatic carbocycles. The molecular weight excluding hydrogens is 302 g/mol. The molecule has 0 aliphatic carbocycles. The number of ether oxygens (including phenoxy) is 1. The van der Waals surface area contributed by atoms with Crippen LogP contribution in [0.25, 0.3) is 0 Å². The van der Waals surface area contributed by atoms with Gasteiger partial charge in [0.1, 0.15) is 4.32 Å². The van der Waals surface area contributed by atoms with Crippen LogP contribution in [0.2, 0.25) is 0 Å². The van der Waals surface area contributed by atoms with E-state index in [-0.39, 0.29) is 5.97 Å². The molecule has 0 fully saturated rings. The van der Waals surface area contributed by atoms with Crippen molar-refractivity contribution in [1.82, 2.24) is 4.90 Å². The van der Waals surface area contributed by atoms with E-state index in [0.717, 1.165) is 30.3 Å². The van der Waals surface area contributed by atoms with Crippen LogP contribution in [0.1, 0.15) is 65.7 Å². The van der Waals surface area contributed by atoms with Gasteiger partial charge in [-0.25, -0.2) is 0 Å². The lowest BCUT2D eigenvalue weighted by Crippen LogP contribution is -2.27. The zero-order valence-electron chi connectivity index (χ0n) is 13.9. The van der Waals surface area contributed by atoms with E-state index in [2.05, 4.69) is 25.7 Å². The number of nitrogens with zero attached hydrogens (tertiary/aromatic N) is 1. The Morgan fingerprint density at radius 3 is 2.14 bits per heavy atom. The zero-order valence-corrected chi connectivity index (χ0v) is 15.5. The van der Waals surface area contributed by atoms with E-state index in [1.54, 1.807) is 0 Å². The van der Waals surface area contributed by atoms with Crippen molar-refractivity contribution < 1.29 is 9.53 Å². The van der Waals surface area contributed by atoms with Gasteiger partial charge in [0.15, 0.2) is 0 Å². The normalized spacial score (nSPS) is 10.4. The van der Waals surface area contributed by atoms with Crippen molar-refractivity contribution in [3.8, 4) is 0 Å². The van der Waals surface area contributed by atoms with Crippen molar-refractivity contribution in [3.63, 3.8) is 0 Å². The Bertz CT molecular complexity index is 281. The zero-order chi connectivity index (χ0) is 15.9. The van der Waals surface area contributed by atoms with E-state index in [0.29, 0.717) is 12.4 Å². The first-order valence-corrected chi connectivity index (χ1v) is 9.62. The first kappa shape index (κ1) is 20.7. The van der Waals surface area contributed by atoms with Crippen LogP contribution >= 0.6 is 24.0 Å². The van der Waals surface area contributed by atoms with Gasteiger partial charge < -0.3 is 9.64 Å². The first-order valence-electron chi connectivity index (χ1n) is 8.22. The third-order valence-electron chi connectivity index (χ3n) is 3.35. The smallest absolute Gasteiger partial charge is 0.316 e. The van der Waals surface area contributed by atoms with Crippen molar-refractivity contribution in [2.45, 2.75) is 65.7 Å². The molecule has 0 amide bonds. The second-order valence-corrected chi connectivity index (χ2v) is 6.68. The summed E-state index contributed by atoms with van der Waals surface area (Å²) in [6.45, 7) is 8.67. The summed E-state index contributed by atoms with van der Waals surface area (Å²) in [6.07, 6.45) is 8.62. The van der Waals surface area contributed by atoms with E-state index in [4.69, 9.17) is 17.0 Å². The summed E-state index contributed by atoms with van der Waals surface area (Å²) in [5, 5.41) is 0. The average Bonchev–Trinajstić information content (AvgIpc) is 2.49. The molecule has 0 saturated carbocycles. The lowest BCUT2D eigenvalue weighted by atomic mass is 10.1. The maximum absolute atomic E-state index is 11.6. The highest BCUT2D eigenvalue weighted by Gasteiger charge is 2.09. The Hall–Kier alpha value is -0.290. The van der Waals surface area contributed by atoms with E-state index in [1.807, 2.05) is 0 Å². The lowest BCUT2D eigenvalue weighted by Gasteiger charge is -2.20. The van der Waals surface area contributed by atoms with Crippen LogP contribution in [-0.4, -0.2) is 40.6 Å². The Labute approximate surface area is 140 Å². The second-order valence-electron chi connectivity index (χ2n) is 5.07. The maximum Gasteiger partial charge on any atom is 0.316 e. The number of thioether (sulfide) groups is 1. The van der Waals surface area contributed by atoms with Crippen LogP contribution in [0, 0.1) is 0 Å². The fourth-order valence-corrected chi connectivity index (χ4v) is 3.18. The van der Waals surface area contributed by atoms with Gasteiger partial charge in [0.2, 0.25) is 0 Å². The number of esters is 1. The summed E-state index contributed by atoms with van der Waals surface area (Å²) in [5.41, 5.74) is 0. The predicted octanol–water partition coefficient (Wildman–Crippen LogP) is 4.64. The molecule has 0 aliphatic heterocycles. The molecule has 0 saturated heterocycles.